The molecule has 2 unspecified atom stereocenters. The van der Waals surface area contributed by atoms with Gasteiger partial charge in [0.25, 0.3) is 5.91 Å². The fourth-order valence-electron chi connectivity index (χ4n) is 2.90. The number of nitrogen functional groups attached to an aromatic ring is 1. The maximum absolute atomic E-state index is 12.5. The van der Waals surface area contributed by atoms with E-state index in [9.17, 15) is 4.79 Å². The molecule has 5 heteroatoms. The summed E-state index contributed by atoms with van der Waals surface area (Å²) in [5, 5.41) is 3.77. The van der Waals surface area contributed by atoms with Gasteiger partial charge in [0.15, 0.2) is 0 Å². The number of nitrogens with two attached hydrogens (primary N) is 1. The minimum atomic E-state index is 0.0174. The smallest absolute Gasteiger partial charge is 0.268 e. The molecule has 1 aliphatic carbocycles. The third kappa shape index (κ3) is 3.51. The van der Waals surface area contributed by atoms with Crippen molar-refractivity contribution in [3.8, 4) is 0 Å². The minimum Gasteiger partial charge on any atom is -0.397 e. The van der Waals surface area contributed by atoms with Crippen LogP contribution in [0.15, 0.2) is 12.3 Å². The van der Waals surface area contributed by atoms with Crippen LogP contribution in [0.4, 0.5) is 5.69 Å². The Morgan fingerprint density at radius 2 is 2.30 bits per heavy atom. The van der Waals surface area contributed by atoms with Crippen LogP contribution < -0.4 is 11.1 Å². The molecule has 1 aromatic heterocycles. The molecule has 1 aromatic rings. The van der Waals surface area contributed by atoms with Gasteiger partial charge in [0.2, 0.25) is 0 Å². The van der Waals surface area contributed by atoms with Crippen molar-refractivity contribution in [3.63, 3.8) is 0 Å². The first-order valence-corrected chi connectivity index (χ1v) is 8.58. The Morgan fingerprint density at radius 1 is 1.50 bits per heavy atom. The fraction of sp³-hybridized carbons (Fsp3) is 0.667. The number of aryl methyl sites for hydroxylation is 1. The SMILES string of the molecule is CCCn1cc(N)cc1C(=O)NC1CCCC1SCC. The summed E-state index contributed by atoms with van der Waals surface area (Å²) in [6.45, 7) is 5.11. The van der Waals surface area contributed by atoms with Crippen LogP contribution in [0, 0.1) is 0 Å². The summed E-state index contributed by atoms with van der Waals surface area (Å²) in [5.41, 5.74) is 7.18. The van der Waals surface area contributed by atoms with E-state index in [0.717, 1.165) is 25.1 Å². The van der Waals surface area contributed by atoms with Crippen LogP contribution in [0.5, 0.6) is 0 Å². The molecule has 2 rings (SSSR count). The molecule has 1 amide bonds. The molecular weight excluding hydrogens is 270 g/mol. The molecule has 2 atom stereocenters. The molecule has 1 fully saturated rings. The van der Waals surface area contributed by atoms with Gasteiger partial charge in [-0.1, -0.05) is 20.3 Å². The number of aromatic nitrogens is 1. The Balaban J connectivity index is 2.04. The fourth-order valence-corrected chi connectivity index (χ4v) is 4.09. The summed E-state index contributed by atoms with van der Waals surface area (Å²) in [6, 6.07) is 2.08. The van der Waals surface area contributed by atoms with Gasteiger partial charge in [-0.2, -0.15) is 11.8 Å². The molecule has 3 N–H and O–H groups in total. The van der Waals surface area contributed by atoms with Crippen molar-refractivity contribution in [2.45, 2.75) is 57.4 Å². The third-order valence-corrected chi connectivity index (χ3v) is 5.09. The number of amides is 1. The van der Waals surface area contributed by atoms with E-state index in [1.165, 1.54) is 12.8 Å². The number of carbonyl (C=O) groups excluding carboxylic acids is 1. The normalized spacial score (nSPS) is 22.1. The zero-order valence-electron chi connectivity index (χ0n) is 12.4. The quantitative estimate of drug-likeness (QED) is 0.848. The van der Waals surface area contributed by atoms with Crippen LogP contribution >= 0.6 is 11.8 Å². The van der Waals surface area contributed by atoms with E-state index in [4.69, 9.17) is 5.73 Å². The largest absolute Gasteiger partial charge is 0.397 e. The zero-order chi connectivity index (χ0) is 14.5. The third-order valence-electron chi connectivity index (χ3n) is 3.76. The van der Waals surface area contributed by atoms with Gasteiger partial charge in [-0.15, -0.1) is 0 Å². The van der Waals surface area contributed by atoms with E-state index in [-0.39, 0.29) is 5.91 Å². The van der Waals surface area contributed by atoms with E-state index in [1.54, 1.807) is 6.07 Å². The first kappa shape index (κ1) is 15.3. The number of hydrogen-bond donors (Lipinski definition) is 2. The Morgan fingerprint density at radius 3 is 3.00 bits per heavy atom. The lowest BCUT2D eigenvalue weighted by Crippen LogP contribution is -2.39. The van der Waals surface area contributed by atoms with Gasteiger partial charge in [0.1, 0.15) is 5.69 Å². The summed E-state index contributed by atoms with van der Waals surface area (Å²) in [4.78, 5) is 12.5. The van der Waals surface area contributed by atoms with Gasteiger partial charge in [-0.3, -0.25) is 4.79 Å². The Bertz CT molecular complexity index is 458. The number of carbonyl (C=O) groups is 1. The van der Waals surface area contributed by atoms with Gasteiger partial charge >= 0.3 is 0 Å². The highest BCUT2D eigenvalue weighted by Gasteiger charge is 2.29. The Kier molecular flexibility index (Phi) is 5.40. The van der Waals surface area contributed by atoms with Crippen LogP contribution in [0.3, 0.4) is 0 Å². The second kappa shape index (κ2) is 7.07. The summed E-state index contributed by atoms with van der Waals surface area (Å²) in [6.07, 6.45) is 6.35. The van der Waals surface area contributed by atoms with Gasteiger partial charge in [0.05, 0.1) is 5.69 Å². The average molecular weight is 295 g/mol. The van der Waals surface area contributed by atoms with Crippen molar-refractivity contribution in [2.75, 3.05) is 11.5 Å². The van der Waals surface area contributed by atoms with Crippen LogP contribution in [-0.4, -0.2) is 27.5 Å². The monoisotopic (exact) mass is 295 g/mol. The Hall–Kier alpha value is -1.10. The molecule has 112 valence electrons. The second-order valence-electron chi connectivity index (χ2n) is 5.36. The van der Waals surface area contributed by atoms with Gasteiger partial charge in [-0.25, -0.2) is 0 Å². The minimum absolute atomic E-state index is 0.0174. The molecule has 1 heterocycles. The van der Waals surface area contributed by atoms with Crippen LogP contribution in [-0.2, 0) is 6.54 Å². The first-order valence-electron chi connectivity index (χ1n) is 7.53. The first-order chi connectivity index (χ1) is 9.65. The topological polar surface area (TPSA) is 60.0 Å². The molecule has 0 radical (unpaired) electrons. The van der Waals surface area contributed by atoms with Crippen molar-refractivity contribution in [2.24, 2.45) is 0 Å². The van der Waals surface area contributed by atoms with Crippen LogP contribution in [0.1, 0.15) is 50.0 Å². The van der Waals surface area contributed by atoms with E-state index in [1.807, 2.05) is 22.5 Å². The zero-order valence-corrected chi connectivity index (χ0v) is 13.2. The lowest BCUT2D eigenvalue weighted by atomic mass is 10.2. The molecule has 0 spiro atoms. The number of nitrogens with one attached hydrogen (secondary N) is 1. The molecule has 0 saturated heterocycles. The molecule has 0 aromatic carbocycles. The molecular formula is C15H25N3OS. The van der Waals surface area contributed by atoms with Crippen LogP contribution in [0.2, 0.25) is 0 Å². The maximum Gasteiger partial charge on any atom is 0.268 e. The van der Waals surface area contributed by atoms with Crippen LogP contribution in [0.25, 0.3) is 0 Å². The molecule has 0 aliphatic heterocycles. The lowest BCUT2D eigenvalue weighted by Gasteiger charge is -2.20. The van der Waals surface area contributed by atoms with Crippen molar-refractivity contribution < 1.29 is 4.79 Å². The highest BCUT2D eigenvalue weighted by Crippen LogP contribution is 2.30. The number of anilines is 1. The molecule has 0 bridgehead atoms. The molecule has 1 aliphatic rings. The van der Waals surface area contributed by atoms with E-state index < -0.39 is 0 Å². The molecule has 20 heavy (non-hydrogen) atoms. The predicted molar refractivity (Wildman–Crippen MR) is 86.2 cm³/mol. The predicted octanol–water partition coefficient (Wildman–Crippen LogP) is 2.88. The van der Waals surface area contributed by atoms with E-state index in [0.29, 0.717) is 22.7 Å². The number of rotatable bonds is 6. The summed E-state index contributed by atoms with van der Waals surface area (Å²) >= 11 is 1.96. The van der Waals surface area contributed by atoms with Crippen molar-refractivity contribution in [3.05, 3.63) is 18.0 Å². The average Bonchev–Trinajstić information content (AvgIpc) is 2.98. The summed E-state index contributed by atoms with van der Waals surface area (Å²) in [7, 11) is 0. The highest BCUT2D eigenvalue weighted by atomic mass is 32.2. The van der Waals surface area contributed by atoms with E-state index >= 15 is 0 Å². The van der Waals surface area contributed by atoms with Gasteiger partial charge < -0.3 is 15.6 Å². The van der Waals surface area contributed by atoms with Gasteiger partial charge in [-0.05, 0) is 31.1 Å². The summed E-state index contributed by atoms with van der Waals surface area (Å²) < 4.78 is 1.96. The number of thioether (sulfide) groups is 1. The van der Waals surface area contributed by atoms with Crippen molar-refractivity contribution in [1.29, 1.82) is 0 Å². The number of hydrogen-bond acceptors (Lipinski definition) is 3. The van der Waals surface area contributed by atoms with Gasteiger partial charge in [0, 0.05) is 24.0 Å². The second-order valence-corrected chi connectivity index (χ2v) is 6.87. The Labute approximate surface area is 125 Å². The lowest BCUT2D eigenvalue weighted by molar-refractivity contribution is 0.0929. The number of nitrogens with zero attached hydrogens (tertiary/aromatic N) is 1. The van der Waals surface area contributed by atoms with E-state index in [2.05, 4.69) is 19.2 Å². The van der Waals surface area contributed by atoms with Crippen molar-refractivity contribution in [1.82, 2.24) is 9.88 Å². The highest BCUT2D eigenvalue weighted by molar-refractivity contribution is 7.99. The molecule has 1 saturated carbocycles. The summed E-state index contributed by atoms with van der Waals surface area (Å²) in [5.74, 6) is 1.12. The molecule has 4 nitrogen and oxygen atoms in total. The standard InChI is InChI=1S/C15H25N3OS/c1-3-8-18-10-11(16)9-13(18)15(19)17-12-6-5-7-14(12)20-4-2/h9-10,12,14H,3-8,16H2,1-2H3,(H,17,19). The van der Waals surface area contributed by atoms with Crippen molar-refractivity contribution >= 4 is 23.4 Å². The maximum atomic E-state index is 12.5.